The lowest BCUT2D eigenvalue weighted by atomic mass is 10.1. The van der Waals surface area contributed by atoms with Crippen LogP contribution in [-0.4, -0.2) is 43.8 Å². The van der Waals surface area contributed by atoms with Gasteiger partial charge in [-0.25, -0.2) is 8.42 Å². The van der Waals surface area contributed by atoms with Gasteiger partial charge in [-0.05, 0) is 69.7 Å². The van der Waals surface area contributed by atoms with Gasteiger partial charge >= 0.3 is 0 Å². The number of rotatable bonds is 10. The van der Waals surface area contributed by atoms with Crippen molar-refractivity contribution in [2.45, 2.75) is 51.2 Å². The topological polar surface area (TPSA) is 86.8 Å². The molecule has 3 aromatic rings. The molecule has 0 saturated carbocycles. The predicted octanol–water partition coefficient (Wildman–Crippen LogP) is 6.09. The van der Waals surface area contributed by atoms with Crippen molar-refractivity contribution in [3.8, 4) is 0 Å². The van der Waals surface area contributed by atoms with Crippen molar-refractivity contribution < 1.29 is 18.0 Å². The summed E-state index contributed by atoms with van der Waals surface area (Å²) in [7, 11) is -4.20. The van der Waals surface area contributed by atoms with Crippen LogP contribution in [0, 0.1) is 6.92 Å². The number of benzene rings is 3. The van der Waals surface area contributed by atoms with Gasteiger partial charge in [-0.1, -0.05) is 65.1 Å². The van der Waals surface area contributed by atoms with Gasteiger partial charge < -0.3 is 10.2 Å². The van der Waals surface area contributed by atoms with E-state index < -0.39 is 34.4 Å². The molecular weight excluding hydrogens is 581 g/mol. The third-order valence-electron chi connectivity index (χ3n) is 6.04. The maximum atomic E-state index is 14.0. The Hall–Kier alpha value is -2.78. The van der Waals surface area contributed by atoms with Crippen LogP contribution in [0.2, 0.25) is 15.1 Å². The second-order valence-electron chi connectivity index (χ2n) is 9.32. The van der Waals surface area contributed by atoms with Crippen LogP contribution in [0.25, 0.3) is 0 Å². The van der Waals surface area contributed by atoms with Crippen LogP contribution in [-0.2, 0) is 26.2 Å². The van der Waals surface area contributed by atoms with Gasteiger partial charge in [0.05, 0.1) is 10.6 Å². The lowest BCUT2D eigenvalue weighted by Gasteiger charge is -2.33. The summed E-state index contributed by atoms with van der Waals surface area (Å²) in [5.74, 6) is -1.03. The van der Waals surface area contributed by atoms with Gasteiger partial charge in [0.2, 0.25) is 11.8 Å². The SMILES string of the molecule is Cc1ccc(Cl)cc1N(CC(=O)N(Cc1c(Cl)cccc1Cl)C(C)C(=O)NC(C)C)S(=O)(=O)c1ccccc1. The van der Waals surface area contributed by atoms with Crippen LogP contribution in [0.3, 0.4) is 0 Å². The van der Waals surface area contributed by atoms with Crippen LogP contribution in [0.5, 0.6) is 0 Å². The second-order valence-corrected chi connectivity index (χ2v) is 12.4. The molecule has 1 unspecified atom stereocenters. The van der Waals surface area contributed by atoms with Crippen molar-refractivity contribution in [1.82, 2.24) is 10.2 Å². The maximum Gasteiger partial charge on any atom is 0.264 e. The van der Waals surface area contributed by atoms with Crippen molar-refractivity contribution in [3.63, 3.8) is 0 Å². The minimum Gasteiger partial charge on any atom is -0.352 e. The zero-order valence-electron chi connectivity index (χ0n) is 22.0. The molecule has 0 fully saturated rings. The molecule has 1 N–H and O–H groups in total. The molecule has 208 valence electrons. The summed E-state index contributed by atoms with van der Waals surface area (Å²) in [6.45, 7) is 6.19. The zero-order chi connectivity index (χ0) is 28.9. The molecular formula is C28H30Cl3N3O4S. The Kier molecular flexibility index (Phi) is 10.3. The molecule has 3 rings (SSSR count). The second kappa shape index (κ2) is 13.0. The molecule has 3 aromatic carbocycles. The molecule has 0 aromatic heterocycles. The number of amides is 2. The smallest absolute Gasteiger partial charge is 0.264 e. The standard InChI is InChI=1S/C28H30Cl3N3O4S/c1-18(2)32-28(36)20(4)33(16-23-24(30)11-8-12-25(23)31)27(35)17-34(26-15-21(29)14-13-19(26)3)39(37,38)22-9-6-5-7-10-22/h5-15,18,20H,16-17H2,1-4H3,(H,32,36). The van der Waals surface area contributed by atoms with E-state index in [2.05, 4.69) is 5.32 Å². The first-order chi connectivity index (χ1) is 18.3. The molecule has 0 aliphatic rings. The van der Waals surface area contributed by atoms with Crippen molar-refractivity contribution in [2.24, 2.45) is 0 Å². The number of halogens is 3. The first-order valence-corrected chi connectivity index (χ1v) is 14.8. The highest BCUT2D eigenvalue weighted by molar-refractivity contribution is 7.92. The minimum atomic E-state index is -4.20. The molecule has 1 atom stereocenters. The number of sulfonamides is 1. The van der Waals surface area contributed by atoms with E-state index in [1.165, 1.54) is 23.1 Å². The Bertz CT molecular complexity index is 1430. The van der Waals surface area contributed by atoms with Gasteiger partial charge in [0.25, 0.3) is 10.0 Å². The highest BCUT2D eigenvalue weighted by Crippen LogP contribution is 2.31. The van der Waals surface area contributed by atoms with Gasteiger partial charge in [-0.2, -0.15) is 0 Å². The van der Waals surface area contributed by atoms with Crippen LogP contribution < -0.4 is 9.62 Å². The number of hydrogen-bond acceptors (Lipinski definition) is 4. The zero-order valence-corrected chi connectivity index (χ0v) is 25.1. The molecule has 0 radical (unpaired) electrons. The van der Waals surface area contributed by atoms with Gasteiger partial charge in [-0.3, -0.25) is 13.9 Å². The van der Waals surface area contributed by atoms with E-state index in [4.69, 9.17) is 34.8 Å². The Balaban J connectivity index is 2.10. The maximum absolute atomic E-state index is 14.0. The van der Waals surface area contributed by atoms with E-state index in [0.717, 1.165) is 4.31 Å². The summed E-state index contributed by atoms with van der Waals surface area (Å²) >= 11 is 19.0. The molecule has 0 aliphatic carbocycles. The quantitative estimate of drug-likeness (QED) is 0.301. The van der Waals surface area contributed by atoms with Crippen molar-refractivity contribution in [2.75, 3.05) is 10.8 Å². The third-order valence-corrected chi connectivity index (χ3v) is 8.76. The number of carbonyl (C=O) groups excluding carboxylic acids is 2. The van der Waals surface area contributed by atoms with Crippen molar-refractivity contribution in [1.29, 1.82) is 0 Å². The molecule has 0 spiro atoms. The van der Waals surface area contributed by atoms with Crippen molar-refractivity contribution >= 4 is 62.3 Å². The molecule has 0 aliphatic heterocycles. The fraction of sp³-hybridized carbons (Fsp3) is 0.286. The first-order valence-electron chi connectivity index (χ1n) is 12.2. The Morgan fingerprint density at radius 2 is 1.51 bits per heavy atom. The first kappa shape index (κ1) is 30.8. The van der Waals surface area contributed by atoms with E-state index in [1.54, 1.807) is 76.2 Å². The van der Waals surface area contributed by atoms with E-state index in [1.807, 2.05) is 0 Å². The monoisotopic (exact) mass is 609 g/mol. The molecule has 0 bridgehead atoms. The minimum absolute atomic E-state index is 0.00322. The van der Waals surface area contributed by atoms with E-state index in [-0.39, 0.29) is 23.2 Å². The van der Waals surface area contributed by atoms with Crippen LogP contribution in [0.4, 0.5) is 5.69 Å². The molecule has 39 heavy (non-hydrogen) atoms. The van der Waals surface area contributed by atoms with Gasteiger partial charge in [0, 0.05) is 33.2 Å². The number of aryl methyl sites for hydroxylation is 1. The molecule has 0 heterocycles. The highest BCUT2D eigenvalue weighted by Gasteiger charge is 2.33. The number of anilines is 1. The molecule has 2 amide bonds. The molecule has 11 heteroatoms. The van der Waals surface area contributed by atoms with Crippen LogP contribution in [0.1, 0.15) is 31.9 Å². The number of carbonyl (C=O) groups is 2. The predicted molar refractivity (Wildman–Crippen MR) is 157 cm³/mol. The van der Waals surface area contributed by atoms with Gasteiger partial charge in [0.1, 0.15) is 12.6 Å². The molecule has 7 nitrogen and oxygen atoms in total. The Morgan fingerprint density at radius 1 is 0.897 bits per heavy atom. The summed E-state index contributed by atoms with van der Waals surface area (Å²) in [6, 6.07) is 16.4. The summed E-state index contributed by atoms with van der Waals surface area (Å²) in [4.78, 5) is 28.3. The van der Waals surface area contributed by atoms with Crippen LogP contribution in [0.15, 0.2) is 71.6 Å². The van der Waals surface area contributed by atoms with E-state index in [9.17, 15) is 18.0 Å². The lowest BCUT2D eigenvalue weighted by Crippen LogP contribution is -2.52. The normalized spacial score (nSPS) is 12.2. The van der Waals surface area contributed by atoms with E-state index in [0.29, 0.717) is 26.2 Å². The summed E-state index contributed by atoms with van der Waals surface area (Å²) in [5.41, 5.74) is 1.28. The summed E-state index contributed by atoms with van der Waals surface area (Å²) in [5, 5.41) is 3.74. The summed E-state index contributed by atoms with van der Waals surface area (Å²) < 4.78 is 28.7. The van der Waals surface area contributed by atoms with Crippen molar-refractivity contribution in [3.05, 3.63) is 92.9 Å². The Labute approximate surface area is 244 Å². The number of nitrogens with one attached hydrogen (secondary N) is 1. The van der Waals surface area contributed by atoms with E-state index >= 15 is 0 Å². The van der Waals surface area contributed by atoms with Gasteiger partial charge in [-0.15, -0.1) is 0 Å². The van der Waals surface area contributed by atoms with Gasteiger partial charge in [0.15, 0.2) is 0 Å². The highest BCUT2D eigenvalue weighted by atomic mass is 35.5. The largest absolute Gasteiger partial charge is 0.352 e. The number of hydrogen-bond donors (Lipinski definition) is 1. The average molecular weight is 611 g/mol. The fourth-order valence-corrected chi connectivity index (χ4v) is 6.10. The number of nitrogens with zero attached hydrogens (tertiary/aromatic N) is 2. The average Bonchev–Trinajstić information content (AvgIpc) is 2.88. The summed E-state index contributed by atoms with van der Waals surface area (Å²) in [6.07, 6.45) is 0. The lowest BCUT2D eigenvalue weighted by molar-refractivity contribution is -0.139. The third kappa shape index (κ3) is 7.45. The fourth-order valence-electron chi connectivity index (χ4n) is 3.93. The Morgan fingerprint density at radius 3 is 2.10 bits per heavy atom. The molecule has 0 saturated heterocycles. The van der Waals surface area contributed by atoms with Crippen LogP contribution >= 0.6 is 34.8 Å².